The first-order valence-corrected chi connectivity index (χ1v) is 11.2. The maximum Gasteiger partial charge on any atom is 0.228 e. The van der Waals surface area contributed by atoms with Crippen molar-refractivity contribution in [1.82, 2.24) is 9.88 Å². The monoisotopic (exact) mass is 424 g/mol. The predicted molar refractivity (Wildman–Crippen MR) is 107 cm³/mol. The van der Waals surface area contributed by atoms with Crippen LogP contribution in [0, 0.1) is 0 Å². The van der Waals surface area contributed by atoms with Gasteiger partial charge in [-0.15, -0.1) is 11.3 Å². The van der Waals surface area contributed by atoms with Crippen LogP contribution in [-0.4, -0.2) is 47.9 Å². The third kappa shape index (κ3) is 4.84. The second-order valence-corrected chi connectivity index (χ2v) is 9.20. The van der Waals surface area contributed by atoms with Crippen LogP contribution in [-0.2, 0) is 26.4 Å². The molecule has 4 rings (SSSR count). The Hall–Kier alpha value is -1.12. The van der Waals surface area contributed by atoms with E-state index in [9.17, 15) is 4.79 Å². The summed E-state index contributed by atoms with van der Waals surface area (Å²) in [7, 11) is 0. The molecule has 1 amide bonds. The van der Waals surface area contributed by atoms with Crippen LogP contribution in [0.5, 0.6) is 0 Å². The van der Waals surface area contributed by atoms with Crippen molar-refractivity contribution in [3.05, 3.63) is 45.9 Å². The zero-order valence-corrected chi connectivity index (χ0v) is 17.2. The van der Waals surface area contributed by atoms with Crippen molar-refractivity contribution in [2.24, 2.45) is 0 Å². The van der Waals surface area contributed by atoms with E-state index >= 15 is 0 Å². The first-order valence-electron chi connectivity index (χ1n) is 8.99. The van der Waals surface area contributed by atoms with Crippen LogP contribution in [0.25, 0.3) is 0 Å². The van der Waals surface area contributed by atoms with Gasteiger partial charge < -0.3 is 14.4 Å². The van der Waals surface area contributed by atoms with Crippen LogP contribution in [0.1, 0.15) is 24.1 Å². The number of halogens is 1. The Kier molecular flexibility index (Phi) is 6.04. The summed E-state index contributed by atoms with van der Waals surface area (Å²) in [4.78, 5) is 19.1. The quantitative estimate of drug-likeness (QED) is 0.679. The van der Waals surface area contributed by atoms with E-state index < -0.39 is 5.79 Å². The molecule has 144 valence electrons. The molecule has 2 aromatic rings. The van der Waals surface area contributed by atoms with Crippen LogP contribution >= 0.6 is 34.7 Å². The average Bonchev–Trinajstić information content (AvgIpc) is 3.32. The standard InChI is InChI=1S/C19H21ClN2O3S2/c20-15-3-1-14(2-4-15)12-26-18-21-16(13-27-18)11-17(23)22-7-5-19(6-8-22)24-9-10-25-19/h1-4,13H,5-12H2. The molecule has 3 heterocycles. The fourth-order valence-corrected chi connectivity index (χ4v) is 5.24. The number of thiazole rings is 1. The van der Waals surface area contributed by atoms with Crippen LogP contribution in [0.2, 0.25) is 5.02 Å². The summed E-state index contributed by atoms with van der Waals surface area (Å²) in [6.45, 7) is 2.68. The number of likely N-dealkylation sites (tertiary alicyclic amines) is 1. The van der Waals surface area contributed by atoms with Crippen LogP contribution in [0.15, 0.2) is 34.0 Å². The highest BCUT2D eigenvalue weighted by molar-refractivity contribution is 8.00. The lowest BCUT2D eigenvalue weighted by Gasteiger charge is -2.37. The Bertz CT molecular complexity index is 781. The van der Waals surface area contributed by atoms with E-state index in [0.717, 1.165) is 33.7 Å². The molecule has 2 saturated heterocycles. The lowest BCUT2D eigenvalue weighted by molar-refractivity contribution is -0.187. The molecule has 2 aliphatic heterocycles. The number of hydrogen-bond acceptors (Lipinski definition) is 6. The maximum absolute atomic E-state index is 12.6. The highest BCUT2D eigenvalue weighted by Crippen LogP contribution is 2.32. The Balaban J connectivity index is 1.26. The van der Waals surface area contributed by atoms with Gasteiger partial charge in [-0.3, -0.25) is 4.79 Å². The normalized spacial score (nSPS) is 18.9. The summed E-state index contributed by atoms with van der Waals surface area (Å²) in [5.74, 6) is 0.525. The minimum atomic E-state index is -0.442. The number of hydrogen-bond donors (Lipinski definition) is 0. The molecule has 2 fully saturated rings. The van der Waals surface area contributed by atoms with Crippen molar-refractivity contribution in [2.45, 2.75) is 35.1 Å². The van der Waals surface area contributed by atoms with E-state index in [1.54, 1.807) is 23.1 Å². The molecule has 1 aromatic carbocycles. The van der Waals surface area contributed by atoms with Gasteiger partial charge in [-0.1, -0.05) is 35.5 Å². The molecule has 1 spiro atoms. The molecule has 0 unspecified atom stereocenters. The summed E-state index contributed by atoms with van der Waals surface area (Å²) < 4.78 is 12.4. The van der Waals surface area contributed by atoms with Crippen LogP contribution in [0.3, 0.4) is 0 Å². The number of carbonyl (C=O) groups excluding carboxylic acids is 1. The van der Waals surface area contributed by atoms with Gasteiger partial charge in [0.2, 0.25) is 5.91 Å². The molecular formula is C19H21ClN2O3S2. The Morgan fingerprint density at radius 2 is 1.93 bits per heavy atom. The van der Waals surface area contributed by atoms with Crippen molar-refractivity contribution >= 4 is 40.6 Å². The van der Waals surface area contributed by atoms with E-state index in [1.165, 1.54) is 5.56 Å². The van der Waals surface area contributed by atoms with E-state index in [0.29, 0.717) is 32.7 Å². The van der Waals surface area contributed by atoms with Gasteiger partial charge in [0.05, 0.1) is 25.3 Å². The highest BCUT2D eigenvalue weighted by atomic mass is 35.5. The third-order valence-corrected chi connectivity index (χ3v) is 7.22. The second-order valence-electron chi connectivity index (χ2n) is 6.69. The van der Waals surface area contributed by atoms with Gasteiger partial charge in [0.25, 0.3) is 0 Å². The molecule has 0 saturated carbocycles. The molecule has 0 aliphatic carbocycles. The van der Waals surface area contributed by atoms with Gasteiger partial charge >= 0.3 is 0 Å². The zero-order valence-electron chi connectivity index (χ0n) is 14.9. The number of nitrogens with zero attached hydrogens (tertiary/aromatic N) is 2. The number of aromatic nitrogens is 1. The van der Waals surface area contributed by atoms with Crippen molar-refractivity contribution in [3.8, 4) is 0 Å². The lowest BCUT2D eigenvalue weighted by Crippen LogP contribution is -2.47. The summed E-state index contributed by atoms with van der Waals surface area (Å²) in [5, 5.41) is 2.73. The van der Waals surface area contributed by atoms with E-state index in [4.69, 9.17) is 21.1 Å². The molecule has 5 nitrogen and oxygen atoms in total. The fourth-order valence-electron chi connectivity index (χ4n) is 3.31. The SMILES string of the molecule is O=C(Cc1csc(SCc2ccc(Cl)cc2)n1)N1CCC2(CC1)OCCO2. The van der Waals surface area contributed by atoms with E-state index in [-0.39, 0.29) is 5.91 Å². The van der Waals surface area contributed by atoms with Gasteiger partial charge in [-0.2, -0.15) is 0 Å². The minimum Gasteiger partial charge on any atom is -0.347 e. The van der Waals surface area contributed by atoms with Crippen molar-refractivity contribution < 1.29 is 14.3 Å². The molecule has 0 bridgehead atoms. The number of thioether (sulfide) groups is 1. The largest absolute Gasteiger partial charge is 0.347 e. The number of amides is 1. The Morgan fingerprint density at radius 3 is 2.63 bits per heavy atom. The maximum atomic E-state index is 12.6. The Labute approximate surface area is 172 Å². The van der Waals surface area contributed by atoms with E-state index in [2.05, 4.69) is 4.98 Å². The summed E-state index contributed by atoms with van der Waals surface area (Å²) in [5.41, 5.74) is 2.05. The number of piperidine rings is 1. The zero-order chi connectivity index (χ0) is 18.7. The summed E-state index contributed by atoms with van der Waals surface area (Å²) in [6.07, 6.45) is 1.85. The summed E-state index contributed by atoms with van der Waals surface area (Å²) in [6, 6.07) is 7.84. The minimum absolute atomic E-state index is 0.127. The average molecular weight is 425 g/mol. The predicted octanol–water partition coefficient (Wildman–Crippen LogP) is 4.00. The lowest BCUT2D eigenvalue weighted by atomic mass is 10.0. The summed E-state index contributed by atoms with van der Waals surface area (Å²) >= 11 is 9.19. The number of carbonyl (C=O) groups is 1. The number of rotatable bonds is 5. The second kappa shape index (κ2) is 8.49. The number of benzene rings is 1. The fraction of sp³-hybridized carbons (Fsp3) is 0.474. The van der Waals surface area contributed by atoms with Gasteiger partial charge in [0.1, 0.15) is 4.34 Å². The topological polar surface area (TPSA) is 51.7 Å². The first-order chi connectivity index (χ1) is 13.1. The number of ether oxygens (including phenoxy) is 2. The molecule has 0 radical (unpaired) electrons. The molecule has 1 aromatic heterocycles. The highest BCUT2D eigenvalue weighted by Gasteiger charge is 2.40. The van der Waals surface area contributed by atoms with Gasteiger partial charge in [0.15, 0.2) is 5.79 Å². The molecule has 0 N–H and O–H groups in total. The Morgan fingerprint density at radius 1 is 1.22 bits per heavy atom. The van der Waals surface area contributed by atoms with Crippen molar-refractivity contribution in [2.75, 3.05) is 26.3 Å². The molecule has 27 heavy (non-hydrogen) atoms. The van der Waals surface area contributed by atoms with Gasteiger partial charge in [-0.25, -0.2) is 4.98 Å². The van der Waals surface area contributed by atoms with E-state index in [1.807, 2.05) is 34.5 Å². The first kappa shape index (κ1) is 19.2. The molecular weight excluding hydrogens is 404 g/mol. The molecule has 2 aliphatic rings. The third-order valence-electron chi connectivity index (χ3n) is 4.83. The van der Waals surface area contributed by atoms with Gasteiger partial charge in [0, 0.05) is 42.1 Å². The van der Waals surface area contributed by atoms with Crippen molar-refractivity contribution in [3.63, 3.8) is 0 Å². The molecule has 0 atom stereocenters. The van der Waals surface area contributed by atoms with Crippen LogP contribution in [0.4, 0.5) is 0 Å². The van der Waals surface area contributed by atoms with Crippen LogP contribution < -0.4 is 0 Å². The smallest absolute Gasteiger partial charge is 0.228 e. The van der Waals surface area contributed by atoms with Gasteiger partial charge in [-0.05, 0) is 17.7 Å². The van der Waals surface area contributed by atoms with Crippen molar-refractivity contribution in [1.29, 1.82) is 0 Å². The molecule has 8 heteroatoms.